The second-order valence-electron chi connectivity index (χ2n) is 4.44. The Balaban J connectivity index is 1.73. The Labute approximate surface area is 121 Å². The van der Waals surface area contributed by atoms with Gasteiger partial charge in [0, 0.05) is 6.54 Å². The van der Waals surface area contributed by atoms with Crippen LogP contribution in [-0.4, -0.2) is 20.2 Å². The molecule has 21 heavy (non-hydrogen) atoms. The van der Waals surface area contributed by atoms with Gasteiger partial charge in [0.1, 0.15) is 0 Å². The van der Waals surface area contributed by atoms with Crippen molar-refractivity contribution in [3.05, 3.63) is 42.1 Å². The number of anilines is 1. The van der Waals surface area contributed by atoms with Crippen LogP contribution in [0, 0.1) is 0 Å². The maximum atomic E-state index is 12.1. The molecule has 0 aliphatic carbocycles. The predicted molar refractivity (Wildman–Crippen MR) is 75.2 cm³/mol. The Morgan fingerprint density at radius 3 is 2.76 bits per heavy atom. The van der Waals surface area contributed by atoms with Crippen molar-refractivity contribution in [2.75, 3.05) is 12.5 Å². The van der Waals surface area contributed by atoms with E-state index in [0.29, 0.717) is 17.2 Å². The number of hydrogen-bond donors (Lipinski definition) is 2. The smallest absolute Gasteiger partial charge is 0.258 e. The molecule has 0 atom stereocenters. The Hall–Kier alpha value is -2.32. The molecular formula is C13H13N3O4S. The summed E-state index contributed by atoms with van der Waals surface area (Å²) in [6.45, 7) is 0.310. The number of pyridine rings is 1. The molecule has 110 valence electrons. The minimum Gasteiger partial charge on any atom is -0.454 e. The van der Waals surface area contributed by atoms with Gasteiger partial charge in [-0.05, 0) is 29.8 Å². The third-order valence-corrected chi connectivity index (χ3v) is 4.25. The number of fused-ring (bicyclic) bond motifs is 1. The lowest BCUT2D eigenvalue weighted by Gasteiger charge is -2.07. The van der Waals surface area contributed by atoms with Crippen LogP contribution in [0.25, 0.3) is 0 Å². The average Bonchev–Trinajstić information content (AvgIpc) is 2.93. The average molecular weight is 307 g/mol. The lowest BCUT2D eigenvalue weighted by atomic mass is 10.2. The molecule has 1 aromatic heterocycles. The minimum absolute atomic E-state index is 0.0718. The fourth-order valence-electron chi connectivity index (χ4n) is 1.85. The highest BCUT2D eigenvalue weighted by Crippen LogP contribution is 2.32. The second-order valence-corrected chi connectivity index (χ2v) is 6.16. The normalized spacial score (nSPS) is 13.3. The molecule has 7 nitrogen and oxygen atoms in total. The molecule has 0 fully saturated rings. The largest absolute Gasteiger partial charge is 0.454 e. The molecule has 2 aromatic rings. The summed E-state index contributed by atoms with van der Waals surface area (Å²) in [6.07, 6.45) is 1.30. The first kappa shape index (κ1) is 13.7. The number of nitrogen functional groups attached to an aromatic ring is 1. The summed E-state index contributed by atoms with van der Waals surface area (Å²) < 4.78 is 37.1. The van der Waals surface area contributed by atoms with Crippen molar-refractivity contribution in [2.24, 2.45) is 0 Å². The third kappa shape index (κ3) is 2.91. The summed E-state index contributed by atoms with van der Waals surface area (Å²) in [4.78, 5) is 3.80. The van der Waals surface area contributed by atoms with E-state index in [1.807, 2.05) is 0 Å². The highest BCUT2D eigenvalue weighted by molar-refractivity contribution is 7.89. The van der Waals surface area contributed by atoms with Crippen LogP contribution in [0.5, 0.6) is 11.5 Å². The number of nitrogens with two attached hydrogens (primary N) is 1. The summed E-state index contributed by atoms with van der Waals surface area (Å²) in [5.74, 6) is 1.26. The van der Waals surface area contributed by atoms with Gasteiger partial charge in [-0.15, -0.1) is 0 Å². The maximum absolute atomic E-state index is 12.1. The van der Waals surface area contributed by atoms with Gasteiger partial charge in [0.2, 0.25) is 6.79 Å². The first-order valence-electron chi connectivity index (χ1n) is 6.14. The number of aromatic nitrogens is 1. The number of nitrogens with one attached hydrogen (secondary N) is 1. The van der Waals surface area contributed by atoms with Crippen LogP contribution in [-0.2, 0) is 16.6 Å². The monoisotopic (exact) mass is 307 g/mol. The standard InChI is InChI=1S/C13H13N3O4S/c14-10-2-4-13(15-7-10)21(17,18)16-6-9-1-3-11-12(5-9)20-8-19-11/h1-5,7,16H,6,8,14H2. The SMILES string of the molecule is Nc1ccc(S(=O)(=O)NCc2ccc3c(c2)OCO3)nc1. The van der Waals surface area contributed by atoms with Crippen molar-refractivity contribution in [1.82, 2.24) is 9.71 Å². The number of rotatable bonds is 4. The van der Waals surface area contributed by atoms with Gasteiger partial charge in [-0.1, -0.05) is 6.07 Å². The first-order valence-corrected chi connectivity index (χ1v) is 7.63. The quantitative estimate of drug-likeness (QED) is 0.868. The van der Waals surface area contributed by atoms with Crippen LogP contribution in [0.1, 0.15) is 5.56 Å². The van der Waals surface area contributed by atoms with Crippen molar-refractivity contribution in [3.8, 4) is 11.5 Å². The lowest BCUT2D eigenvalue weighted by molar-refractivity contribution is 0.174. The summed E-state index contributed by atoms with van der Waals surface area (Å²) in [5.41, 5.74) is 6.65. The van der Waals surface area contributed by atoms with E-state index < -0.39 is 10.0 Å². The van der Waals surface area contributed by atoms with Gasteiger partial charge in [-0.3, -0.25) is 0 Å². The minimum atomic E-state index is -3.68. The summed E-state index contributed by atoms with van der Waals surface area (Å²) >= 11 is 0. The zero-order valence-corrected chi connectivity index (χ0v) is 11.8. The number of ether oxygens (including phenoxy) is 2. The van der Waals surface area contributed by atoms with Gasteiger partial charge in [0.25, 0.3) is 10.0 Å². The topological polar surface area (TPSA) is 104 Å². The molecule has 1 aliphatic heterocycles. The van der Waals surface area contributed by atoms with E-state index in [4.69, 9.17) is 15.2 Å². The zero-order valence-electron chi connectivity index (χ0n) is 10.9. The summed E-state index contributed by atoms with van der Waals surface area (Å²) in [7, 11) is -3.68. The van der Waals surface area contributed by atoms with Gasteiger partial charge < -0.3 is 15.2 Å². The van der Waals surface area contributed by atoms with Crippen LogP contribution < -0.4 is 19.9 Å². The van der Waals surface area contributed by atoms with Crippen LogP contribution in [0.15, 0.2) is 41.6 Å². The van der Waals surface area contributed by atoms with Crippen LogP contribution in [0.3, 0.4) is 0 Å². The predicted octanol–water partition coefficient (Wildman–Crippen LogP) is 0.871. The van der Waals surface area contributed by atoms with Crippen LogP contribution in [0.4, 0.5) is 5.69 Å². The highest BCUT2D eigenvalue weighted by Gasteiger charge is 2.17. The molecule has 0 saturated carbocycles. The molecule has 3 N–H and O–H groups in total. The highest BCUT2D eigenvalue weighted by atomic mass is 32.2. The van der Waals surface area contributed by atoms with Gasteiger partial charge in [-0.2, -0.15) is 0 Å². The van der Waals surface area contributed by atoms with Crippen molar-refractivity contribution in [1.29, 1.82) is 0 Å². The molecule has 2 heterocycles. The molecule has 1 aromatic carbocycles. The summed E-state index contributed by atoms with van der Waals surface area (Å²) in [6, 6.07) is 8.10. The molecule has 1 aliphatic rings. The molecule has 0 radical (unpaired) electrons. The van der Waals surface area contributed by atoms with Crippen molar-refractivity contribution in [3.63, 3.8) is 0 Å². The molecule has 0 bridgehead atoms. The molecule has 0 saturated heterocycles. The molecule has 0 amide bonds. The number of sulfonamides is 1. The van der Waals surface area contributed by atoms with Crippen molar-refractivity contribution >= 4 is 15.7 Å². The van der Waals surface area contributed by atoms with Crippen molar-refractivity contribution < 1.29 is 17.9 Å². The van der Waals surface area contributed by atoms with Gasteiger partial charge in [-0.25, -0.2) is 18.1 Å². The van der Waals surface area contributed by atoms with Crippen LogP contribution in [0.2, 0.25) is 0 Å². The lowest BCUT2D eigenvalue weighted by Crippen LogP contribution is -2.24. The molecule has 8 heteroatoms. The van der Waals surface area contributed by atoms with E-state index in [1.165, 1.54) is 18.3 Å². The van der Waals surface area contributed by atoms with E-state index in [9.17, 15) is 8.42 Å². The zero-order chi connectivity index (χ0) is 14.9. The Morgan fingerprint density at radius 2 is 2.00 bits per heavy atom. The second kappa shape index (κ2) is 5.23. The number of benzene rings is 1. The van der Waals surface area contributed by atoms with Gasteiger partial charge >= 0.3 is 0 Å². The molecular weight excluding hydrogens is 294 g/mol. The number of hydrogen-bond acceptors (Lipinski definition) is 6. The molecule has 0 unspecified atom stereocenters. The third-order valence-electron chi connectivity index (χ3n) is 2.94. The maximum Gasteiger partial charge on any atom is 0.258 e. The Kier molecular flexibility index (Phi) is 3.40. The fourth-order valence-corrected chi connectivity index (χ4v) is 2.80. The first-order chi connectivity index (χ1) is 10.0. The van der Waals surface area contributed by atoms with Crippen LogP contribution >= 0.6 is 0 Å². The van der Waals surface area contributed by atoms with Gasteiger partial charge in [0.15, 0.2) is 16.5 Å². The molecule has 0 spiro atoms. The summed E-state index contributed by atoms with van der Waals surface area (Å²) in [5, 5.41) is -0.0718. The van der Waals surface area contributed by atoms with E-state index in [2.05, 4.69) is 9.71 Å². The van der Waals surface area contributed by atoms with E-state index in [-0.39, 0.29) is 18.4 Å². The Morgan fingerprint density at radius 1 is 1.19 bits per heavy atom. The van der Waals surface area contributed by atoms with E-state index in [1.54, 1.807) is 18.2 Å². The fraction of sp³-hybridized carbons (Fsp3) is 0.154. The Bertz CT molecular complexity index is 759. The van der Waals surface area contributed by atoms with Gasteiger partial charge in [0.05, 0.1) is 11.9 Å². The number of nitrogens with zero attached hydrogens (tertiary/aromatic N) is 1. The van der Waals surface area contributed by atoms with E-state index in [0.717, 1.165) is 5.56 Å². The van der Waals surface area contributed by atoms with E-state index >= 15 is 0 Å². The molecule has 3 rings (SSSR count). The van der Waals surface area contributed by atoms with Crippen molar-refractivity contribution in [2.45, 2.75) is 11.6 Å².